The van der Waals surface area contributed by atoms with Crippen molar-refractivity contribution in [1.29, 1.82) is 0 Å². The van der Waals surface area contributed by atoms with E-state index >= 15 is 0 Å². The zero-order valence-corrected chi connectivity index (χ0v) is 13.9. The number of aliphatic carboxylic acids is 1. The lowest BCUT2D eigenvalue weighted by atomic mass is 10.0. The summed E-state index contributed by atoms with van der Waals surface area (Å²) in [6, 6.07) is 2.88. The van der Waals surface area contributed by atoms with Crippen molar-refractivity contribution >= 4 is 21.9 Å². The number of amides is 1. The van der Waals surface area contributed by atoms with Crippen molar-refractivity contribution < 1.29 is 23.1 Å². The molecule has 0 bridgehead atoms. The van der Waals surface area contributed by atoms with Crippen LogP contribution < -0.4 is 5.32 Å². The Morgan fingerprint density at radius 1 is 1.43 bits per heavy atom. The minimum absolute atomic E-state index is 0.00954. The van der Waals surface area contributed by atoms with Crippen LogP contribution in [0.15, 0.2) is 29.4 Å². The average molecular weight is 343 g/mol. The monoisotopic (exact) mass is 343 g/mol. The van der Waals surface area contributed by atoms with Gasteiger partial charge < -0.3 is 10.4 Å². The van der Waals surface area contributed by atoms with Gasteiger partial charge in [0.15, 0.2) is 0 Å². The second-order valence-corrected chi connectivity index (χ2v) is 7.12. The molecular weight excluding hydrogens is 322 g/mol. The first-order chi connectivity index (χ1) is 10.8. The number of nitrogens with zero attached hydrogens (tertiary/aromatic N) is 2. The summed E-state index contributed by atoms with van der Waals surface area (Å²) in [4.78, 5) is 26.6. The van der Waals surface area contributed by atoms with E-state index in [1.54, 1.807) is 0 Å². The molecule has 0 aliphatic rings. The van der Waals surface area contributed by atoms with Crippen LogP contribution in [0.3, 0.4) is 0 Å². The molecule has 1 unspecified atom stereocenters. The van der Waals surface area contributed by atoms with Crippen LogP contribution in [0.25, 0.3) is 0 Å². The Balaban J connectivity index is 2.61. The van der Waals surface area contributed by atoms with Gasteiger partial charge in [-0.05, 0) is 18.6 Å². The van der Waals surface area contributed by atoms with Crippen molar-refractivity contribution in [2.75, 3.05) is 20.1 Å². The molecule has 1 amide bonds. The van der Waals surface area contributed by atoms with Crippen LogP contribution in [0.4, 0.5) is 0 Å². The third-order valence-electron chi connectivity index (χ3n) is 3.24. The average Bonchev–Trinajstić information content (AvgIpc) is 2.51. The van der Waals surface area contributed by atoms with Crippen molar-refractivity contribution in [3.63, 3.8) is 0 Å². The molecule has 0 aliphatic carbocycles. The summed E-state index contributed by atoms with van der Waals surface area (Å²) in [6.45, 7) is 1.44. The van der Waals surface area contributed by atoms with E-state index in [2.05, 4.69) is 10.3 Å². The standard InChI is InChI=1S/C14H21N3O5S/c1-3-5-11(14(19)20)8-16-13(18)10-17(2)23(21,22)12-6-4-7-15-9-12/h4,6-7,9,11H,3,5,8,10H2,1-2H3,(H,16,18)(H,19,20). The number of pyridine rings is 1. The summed E-state index contributed by atoms with van der Waals surface area (Å²) in [5, 5.41) is 11.5. The normalized spacial score (nSPS) is 12.8. The van der Waals surface area contributed by atoms with Crippen LogP contribution in [-0.2, 0) is 19.6 Å². The van der Waals surface area contributed by atoms with Crippen molar-refractivity contribution in [3.8, 4) is 0 Å². The SMILES string of the molecule is CCCC(CNC(=O)CN(C)S(=O)(=O)c1cccnc1)C(=O)O. The van der Waals surface area contributed by atoms with E-state index in [0.717, 1.165) is 4.31 Å². The number of carboxylic acid groups (broad SMARTS) is 1. The summed E-state index contributed by atoms with van der Waals surface area (Å²) in [6.07, 6.45) is 3.78. The number of rotatable bonds is 9. The van der Waals surface area contributed by atoms with E-state index in [1.807, 2.05) is 6.92 Å². The minimum atomic E-state index is -3.81. The van der Waals surface area contributed by atoms with Crippen LogP contribution >= 0.6 is 0 Å². The van der Waals surface area contributed by atoms with Crippen LogP contribution in [0, 0.1) is 5.92 Å². The molecule has 0 spiro atoms. The minimum Gasteiger partial charge on any atom is -0.481 e. The molecule has 1 aromatic heterocycles. The molecule has 0 saturated carbocycles. The van der Waals surface area contributed by atoms with Gasteiger partial charge in [0.2, 0.25) is 15.9 Å². The van der Waals surface area contributed by atoms with Crippen molar-refractivity contribution in [2.24, 2.45) is 5.92 Å². The molecule has 9 heteroatoms. The Hall–Kier alpha value is -2.00. The molecule has 0 aromatic carbocycles. The van der Waals surface area contributed by atoms with Gasteiger partial charge in [-0.15, -0.1) is 0 Å². The number of aromatic nitrogens is 1. The van der Waals surface area contributed by atoms with Crippen LogP contribution in [0.2, 0.25) is 0 Å². The van der Waals surface area contributed by atoms with E-state index in [0.29, 0.717) is 12.8 Å². The van der Waals surface area contributed by atoms with Gasteiger partial charge in [0.1, 0.15) is 4.90 Å². The van der Waals surface area contributed by atoms with Crippen molar-refractivity contribution in [3.05, 3.63) is 24.5 Å². The highest BCUT2D eigenvalue weighted by molar-refractivity contribution is 7.89. The maximum absolute atomic E-state index is 12.2. The molecule has 1 aromatic rings. The maximum Gasteiger partial charge on any atom is 0.308 e. The molecule has 8 nitrogen and oxygen atoms in total. The molecule has 0 saturated heterocycles. The molecule has 1 heterocycles. The van der Waals surface area contributed by atoms with E-state index in [4.69, 9.17) is 5.11 Å². The van der Waals surface area contributed by atoms with Gasteiger partial charge in [0.25, 0.3) is 0 Å². The fourth-order valence-corrected chi connectivity index (χ4v) is 3.01. The van der Waals surface area contributed by atoms with Crippen LogP contribution in [0.5, 0.6) is 0 Å². The molecular formula is C14H21N3O5S. The highest BCUT2D eigenvalue weighted by Gasteiger charge is 2.24. The third kappa shape index (κ3) is 5.61. The maximum atomic E-state index is 12.2. The lowest BCUT2D eigenvalue weighted by molar-refractivity contribution is -0.141. The van der Waals surface area contributed by atoms with Gasteiger partial charge in [-0.2, -0.15) is 4.31 Å². The molecule has 0 fully saturated rings. The van der Waals surface area contributed by atoms with E-state index in [1.165, 1.54) is 31.6 Å². The van der Waals surface area contributed by atoms with Gasteiger partial charge in [-0.3, -0.25) is 14.6 Å². The van der Waals surface area contributed by atoms with Crippen molar-refractivity contribution in [1.82, 2.24) is 14.6 Å². The number of likely N-dealkylation sites (N-methyl/N-ethyl adjacent to an activating group) is 1. The summed E-state index contributed by atoms with van der Waals surface area (Å²) in [5.41, 5.74) is 0. The highest BCUT2D eigenvalue weighted by Crippen LogP contribution is 2.12. The van der Waals surface area contributed by atoms with E-state index < -0.39 is 34.4 Å². The number of hydrogen-bond donors (Lipinski definition) is 2. The van der Waals surface area contributed by atoms with E-state index in [-0.39, 0.29) is 11.4 Å². The molecule has 1 atom stereocenters. The molecule has 0 aliphatic heterocycles. The summed E-state index contributed by atoms with van der Waals surface area (Å²) in [7, 11) is -2.53. The number of carboxylic acids is 1. The lowest BCUT2D eigenvalue weighted by Gasteiger charge is -2.17. The Kier molecular flexibility index (Phi) is 7.11. The Morgan fingerprint density at radius 2 is 2.13 bits per heavy atom. The number of carbonyl (C=O) groups excluding carboxylic acids is 1. The molecule has 2 N–H and O–H groups in total. The summed E-state index contributed by atoms with van der Waals surface area (Å²) in [5.74, 6) is -2.21. The first kappa shape index (κ1) is 19.0. The Labute approximate surface area is 135 Å². The molecule has 1 rings (SSSR count). The van der Waals surface area contributed by atoms with Gasteiger partial charge in [-0.1, -0.05) is 13.3 Å². The van der Waals surface area contributed by atoms with Gasteiger partial charge in [0.05, 0.1) is 12.5 Å². The second kappa shape index (κ2) is 8.59. The third-order valence-corrected chi connectivity index (χ3v) is 5.03. The van der Waals surface area contributed by atoms with E-state index in [9.17, 15) is 18.0 Å². The number of sulfonamides is 1. The molecule has 128 valence electrons. The Bertz CT molecular complexity index is 633. The highest BCUT2D eigenvalue weighted by atomic mass is 32.2. The Morgan fingerprint density at radius 3 is 2.65 bits per heavy atom. The number of hydrogen-bond acceptors (Lipinski definition) is 5. The first-order valence-corrected chi connectivity index (χ1v) is 8.59. The quantitative estimate of drug-likeness (QED) is 0.667. The molecule has 23 heavy (non-hydrogen) atoms. The zero-order valence-electron chi connectivity index (χ0n) is 13.1. The number of nitrogens with one attached hydrogen (secondary N) is 1. The molecule has 0 radical (unpaired) electrons. The largest absolute Gasteiger partial charge is 0.481 e. The predicted molar refractivity (Wildman–Crippen MR) is 83.1 cm³/mol. The van der Waals surface area contributed by atoms with Gasteiger partial charge in [-0.25, -0.2) is 8.42 Å². The fraction of sp³-hybridized carbons (Fsp3) is 0.500. The fourth-order valence-electron chi connectivity index (χ4n) is 1.92. The first-order valence-electron chi connectivity index (χ1n) is 7.15. The van der Waals surface area contributed by atoms with Gasteiger partial charge >= 0.3 is 5.97 Å². The topological polar surface area (TPSA) is 117 Å². The number of carbonyl (C=O) groups is 2. The summed E-state index contributed by atoms with van der Waals surface area (Å²) < 4.78 is 25.4. The van der Waals surface area contributed by atoms with Crippen LogP contribution in [-0.4, -0.2) is 54.8 Å². The lowest BCUT2D eigenvalue weighted by Crippen LogP contribution is -2.41. The predicted octanol–water partition coefficient (Wildman–Crippen LogP) is 0.319. The second-order valence-electron chi connectivity index (χ2n) is 5.08. The van der Waals surface area contributed by atoms with Gasteiger partial charge in [0, 0.05) is 26.0 Å². The van der Waals surface area contributed by atoms with Crippen molar-refractivity contribution in [2.45, 2.75) is 24.7 Å². The van der Waals surface area contributed by atoms with Crippen LogP contribution in [0.1, 0.15) is 19.8 Å². The summed E-state index contributed by atoms with van der Waals surface area (Å²) >= 11 is 0. The zero-order chi connectivity index (χ0) is 17.5. The smallest absolute Gasteiger partial charge is 0.308 e.